The van der Waals surface area contributed by atoms with Gasteiger partial charge in [-0.05, 0) is 24.1 Å². The van der Waals surface area contributed by atoms with Crippen molar-refractivity contribution in [1.29, 1.82) is 0 Å². The first-order valence-corrected chi connectivity index (χ1v) is 8.01. The highest BCUT2D eigenvalue weighted by Crippen LogP contribution is 2.25. The normalized spacial score (nSPS) is 11.8. The van der Waals surface area contributed by atoms with Gasteiger partial charge in [-0.15, -0.1) is 0 Å². The minimum Gasteiger partial charge on any atom is -0.346 e. The third-order valence-corrected chi connectivity index (χ3v) is 3.66. The number of rotatable bonds is 7. The Morgan fingerprint density at radius 2 is 1.71 bits per heavy atom. The van der Waals surface area contributed by atoms with Gasteiger partial charge in [-0.1, -0.05) is 37.0 Å². The number of halogens is 2. The van der Waals surface area contributed by atoms with Gasteiger partial charge < -0.3 is 21.7 Å². The molecule has 0 heterocycles. The van der Waals surface area contributed by atoms with Crippen molar-refractivity contribution in [3.05, 3.63) is 28.2 Å². The molecule has 0 spiro atoms. The summed E-state index contributed by atoms with van der Waals surface area (Å²) in [6.45, 7) is 3.07. The zero-order chi connectivity index (χ0) is 18.3. The van der Waals surface area contributed by atoms with Gasteiger partial charge in [0.15, 0.2) is 0 Å². The summed E-state index contributed by atoms with van der Waals surface area (Å²) in [5.74, 6) is -1.44. The van der Waals surface area contributed by atoms with Crippen LogP contribution >= 0.6 is 23.2 Å². The number of benzene rings is 1. The predicted octanol–water partition coefficient (Wildman–Crippen LogP) is 1.15. The molecule has 0 unspecified atom stereocenters. The molecule has 132 valence electrons. The number of carbonyl (C=O) groups excluding carboxylic acids is 3. The average Bonchev–Trinajstić information content (AvgIpc) is 2.53. The van der Waals surface area contributed by atoms with Crippen molar-refractivity contribution in [2.75, 3.05) is 18.4 Å². The lowest BCUT2D eigenvalue weighted by atomic mass is 10.1. The fraction of sp³-hybridized carbons (Fsp3) is 0.400. The molecule has 3 amide bonds. The molecule has 1 aromatic rings. The average molecular weight is 375 g/mol. The number of hydrogen-bond donors (Lipinski definition) is 4. The Morgan fingerprint density at radius 3 is 2.33 bits per heavy atom. The molecule has 1 rings (SSSR count). The molecule has 0 aromatic heterocycles. The van der Waals surface area contributed by atoms with Crippen LogP contribution in [0.15, 0.2) is 18.2 Å². The minimum absolute atomic E-state index is 0.0405. The number of nitrogens with two attached hydrogens (primary N) is 1. The maximum Gasteiger partial charge on any atom is 0.243 e. The second kappa shape index (κ2) is 9.46. The molecular weight excluding hydrogens is 355 g/mol. The van der Waals surface area contributed by atoms with Crippen LogP contribution in [-0.2, 0) is 14.4 Å². The first kappa shape index (κ1) is 20.2. The van der Waals surface area contributed by atoms with Crippen LogP contribution in [-0.4, -0.2) is 36.9 Å². The van der Waals surface area contributed by atoms with Gasteiger partial charge in [-0.3, -0.25) is 14.4 Å². The molecule has 0 saturated carbocycles. The van der Waals surface area contributed by atoms with E-state index < -0.39 is 23.8 Å². The van der Waals surface area contributed by atoms with E-state index in [1.807, 2.05) is 0 Å². The van der Waals surface area contributed by atoms with Crippen molar-refractivity contribution in [1.82, 2.24) is 10.6 Å². The predicted molar refractivity (Wildman–Crippen MR) is 93.9 cm³/mol. The summed E-state index contributed by atoms with van der Waals surface area (Å²) in [7, 11) is 0. The molecule has 1 aromatic carbocycles. The Balaban J connectivity index is 2.37. The molecule has 0 aliphatic carbocycles. The molecule has 0 bridgehead atoms. The lowest BCUT2D eigenvalue weighted by Gasteiger charge is -2.15. The van der Waals surface area contributed by atoms with Crippen molar-refractivity contribution in [2.45, 2.75) is 19.9 Å². The van der Waals surface area contributed by atoms with Crippen molar-refractivity contribution in [3.8, 4) is 0 Å². The van der Waals surface area contributed by atoms with E-state index in [2.05, 4.69) is 16.0 Å². The van der Waals surface area contributed by atoms with E-state index in [1.54, 1.807) is 26.0 Å². The van der Waals surface area contributed by atoms with Crippen LogP contribution in [0, 0.1) is 5.92 Å². The van der Waals surface area contributed by atoms with Crippen molar-refractivity contribution in [3.63, 3.8) is 0 Å². The second-order valence-corrected chi connectivity index (χ2v) is 6.28. The lowest BCUT2D eigenvalue weighted by molar-refractivity contribution is -0.127. The molecule has 5 N–H and O–H groups in total. The fourth-order valence-electron chi connectivity index (χ4n) is 1.62. The Bertz CT molecular complexity index is 623. The van der Waals surface area contributed by atoms with Gasteiger partial charge in [0.05, 0.1) is 29.8 Å². The Labute approximate surface area is 150 Å². The maximum absolute atomic E-state index is 11.8. The third kappa shape index (κ3) is 6.74. The highest BCUT2D eigenvalue weighted by Gasteiger charge is 2.17. The first-order valence-electron chi connectivity index (χ1n) is 7.25. The zero-order valence-electron chi connectivity index (χ0n) is 13.4. The van der Waals surface area contributed by atoms with Crippen molar-refractivity contribution in [2.24, 2.45) is 11.7 Å². The van der Waals surface area contributed by atoms with Gasteiger partial charge in [0.1, 0.15) is 0 Å². The number of anilines is 1. The van der Waals surface area contributed by atoms with Crippen LogP contribution in [0.5, 0.6) is 0 Å². The highest BCUT2D eigenvalue weighted by molar-refractivity contribution is 6.35. The summed E-state index contributed by atoms with van der Waals surface area (Å²) in [6, 6.07) is 3.94. The largest absolute Gasteiger partial charge is 0.346 e. The molecule has 0 aliphatic rings. The van der Waals surface area contributed by atoms with Gasteiger partial charge in [-0.2, -0.15) is 0 Å². The Kier molecular flexibility index (Phi) is 7.97. The van der Waals surface area contributed by atoms with Crippen LogP contribution in [0.3, 0.4) is 0 Å². The molecule has 0 fully saturated rings. The first-order chi connectivity index (χ1) is 11.2. The molecular formula is C15H20Cl2N4O3. The van der Waals surface area contributed by atoms with E-state index in [9.17, 15) is 14.4 Å². The van der Waals surface area contributed by atoms with Gasteiger partial charge in [0.2, 0.25) is 17.7 Å². The van der Waals surface area contributed by atoms with Crippen LogP contribution < -0.4 is 21.7 Å². The molecule has 0 saturated heterocycles. The topological polar surface area (TPSA) is 113 Å². The third-order valence-electron chi connectivity index (χ3n) is 3.09. The zero-order valence-corrected chi connectivity index (χ0v) is 14.9. The van der Waals surface area contributed by atoms with Gasteiger partial charge in [0, 0.05) is 5.02 Å². The monoisotopic (exact) mass is 374 g/mol. The Morgan fingerprint density at radius 1 is 1.08 bits per heavy atom. The smallest absolute Gasteiger partial charge is 0.243 e. The fourth-order valence-corrected chi connectivity index (χ4v) is 1.95. The minimum atomic E-state index is -0.689. The number of carbonyl (C=O) groups is 3. The molecule has 1 atom stereocenters. The number of hydrogen-bond acceptors (Lipinski definition) is 4. The summed E-state index contributed by atoms with van der Waals surface area (Å²) in [6.07, 6.45) is 0. The SMILES string of the molecule is CC(C)[C@H](N)C(=O)NCC(=O)NCC(=O)Nc1cc(Cl)ccc1Cl. The summed E-state index contributed by atoms with van der Waals surface area (Å²) in [5.41, 5.74) is 6.00. The molecule has 0 aliphatic heterocycles. The number of amides is 3. The highest BCUT2D eigenvalue weighted by atomic mass is 35.5. The summed E-state index contributed by atoms with van der Waals surface area (Å²) >= 11 is 11.7. The van der Waals surface area contributed by atoms with Gasteiger partial charge in [0.25, 0.3) is 0 Å². The summed E-state index contributed by atoms with van der Waals surface area (Å²) in [4.78, 5) is 35.0. The molecule has 24 heavy (non-hydrogen) atoms. The van der Waals surface area contributed by atoms with Crippen LogP contribution in [0.2, 0.25) is 10.0 Å². The van der Waals surface area contributed by atoms with E-state index in [1.165, 1.54) is 6.07 Å². The maximum atomic E-state index is 11.8. The summed E-state index contributed by atoms with van der Waals surface area (Å²) < 4.78 is 0. The van der Waals surface area contributed by atoms with E-state index in [0.29, 0.717) is 15.7 Å². The van der Waals surface area contributed by atoms with Gasteiger partial charge in [-0.25, -0.2) is 0 Å². The Hall–Kier alpha value is -1.83. The standard InChI is InChI=1S/C15H20Cl2N4O3/c1-8(2)14(18)15(24)20-6-12(22)19-7-13(23)21-11-5-9(16)3-4-10(11)17/h3-5,8,14H,6-7,18H2,1-2H3,(H,19,22)(H,20,24)(H,21,23)/t14-/m0/s1. The van der Waals surface area contributed by atoms with Gasteiger partial charge >= 0.3 is 0 Å². The second-order valence-electron chi connectivity index (χ2n) is 5.44. The van der Waals surface area contributed by atoms with E-state index in [-0.39, 0.29) is 19.0 Å². The molecule has 9 heteroatoms. The van der Waals surface area contributed by atoms with E-state index in [0.717, 1.165) is 0 Å². The van der Waals surface area contributed by atoms with Crippen molar-refractivity contribution >= 4 is 46.6 Å². The van der Waals surface area contributed by atoms with Crippen LogP contribution in [0.1, 0.15) is 13.8 Å². The van der Waals surface area contributed by atoms with Crippen molar-refractivity contribution < 1.29 is 14.4 Å². The van der Waals surface area contributed by atoms with E-state index >= 15 is 0 Å². The van der Waals surface area contributed by atoms with Crippen LogP contribution in [0.4, 0.5) is 5.69 Å². The van der Waals surface area contributed by atoms with E-state index in [4.69, 9.17) is 28.9 Å². The molecule has 0 radical (unpaired) electrons. The quantitative estimate of drug-likeness (QED) is 0.573. The lowest BCUT2D eigenvalue weighted by Crippen LogP contribution is -2.47. The van der Waals surface area contributed by atoms with Crippen LogP contribution in [0.25, 0.3) is 0 Å². The number of nitrogens with one attached hydrogen (secondary N) is 3. The summed E-state index contributed by atoms with van der Waals surface area (Å²) in [5, 5.41) is 8.06. The molecule has 7 nitrogen and oxygen atoms in total.